The van der Waals surface area contributed by atoms with Crippen molar-refractivity contribution in [1.82, 2.24) is 0 Å². The SMILES string of the molecule is COc1ccc([C@H]2C(=C(O)c3ccccc3)C(=O)C(=O)N2c2ccc(NC(C)=O)cc2)cc1OC. The van der Waals surface area contributed by atoms with Crippen LogP contribution in [0.3, 0.4) is 0 Å². The van der Waals surface area contributed by atoms with Crippen molar-refractivity contribution < 1.29 is 29.0 Å². The highest BCUT2D eigenvalue weighted by atomic mass is 16.5. The molecule has 1 heterocycles. The molecule has 1 atom stereocenters. The van der Waals surface area contributed by atoms with Crippen LogP contribution in [-0.2, 0) is 14.4 Å². The van der Waals surface area contributed by atoms with E-state index in [0.717, 1.165) is 0 Å². The molecule has 0 aliphatic carbocycles. The molecule has 3 aromatic rings. The molecule has 0 aromatic heterocycles. The van der Waals surface area contributed by atoms with Crippen LogP contribution in [0.5, 0.6) is 11.5 Å². The molecule has 1 aliphatic rings. The van der Waals surface area contributed by atoms with Gasteiger partial charge in [0.05, 0.1) is 25.8 Å². The number of carbonyl (C=O) groups is 3. The summed E-state index contributed by atoms with van der Waals surface area (Å²) in [5, 5.41) is 13.8. The van der Waals surface area contributed by atoms with E-state index in [1.165, 1.54) is 26.0 Å². The van der Waals surface area contributed by atoms with Gasteiger partial charge in [0.2, 0.25) is 5.91 Å². The average Bonchev–Trinajstić information content (AvgIpc) is 3.14. The molecule has 2 amide bonds. The number of benzene rings is 3. The molecule has 3 aromatic carbocycles. The number of rotatable bonds is 6. The Kier molecular flexibility index (Phi) is 6.55. The number of Topliss-reactive ketones (excluding diaryl/α,β-unsaturated/α-hetero) is 1. The number of aliphatic hydroxyl groups excluding tert-OH is 1. The summed E-state index contributed by atoms with van der Waals surface area (Å²) >= 11 is 0. The van der Waals surface area contributed by atoms with Crippen LogP contribution in [0, 0.1) is 0 Å². The maximum Gasteiger partial charge on any atom is 0.300 e. The van der Waals surface area contributed by atoms with Gasteiger partial charge in [-0.15, -0.1) is 0 Å². The quantitative estimate of drug-likeness (QED) is 0.315. The predicted molar refractivity (Wildman–Crippen MR) is 132 cm³/mol. The molecule has 35 heavy (non-hydrogen) atoms. The molecule has 178 valence electrons. The van der Waals surface area contributed by atoms with Gasteiger partial charge in [0.15, 0.2) is 11.5 Å². The Bertz CT molecular complexity index is 1320. The molecular weight excluding hydrogens is 448 g/mol. The Labute approximate surface area is 202 Å². The third-order valence-corrected chi connectivity index (χ3v) is 5.68. The Morgan fingerprint density at radius 1 is 0.914 bits per heavy atom. The van der Waals surface area contributed by atoms with E-state index in [0.29, 0.717) is 34.0 Å². The van der Waals surface area contributed by atoms with Crippen LogP contribution in [0.25, 0.3) is 5.76 Å². The van der Waals surface area contributed by atoms with E-state index < -0.39 is 17.7 Å². The van der Waals surface area contributed by atoms with Gasteiger partial charge in [-0.1, -0.05) is 36.4 Å². The maximum absolute atomic E-state index is 13.3. The van der Waals surface area contributed by atoms with Crippen LogP contribution in [0.2, 0.25) is 0 Å². The minimum Gasteiger partial charge on any atom is -0.507 e. The molecule has 2 N–H and O–H groups in total. The number of anilines is 2. The molecule has 8 heteroatoms. The van der Waals surface area contributed by atoms with Gasteiger partial charge in [-0.25, -0.2) is 0 Å². The molecule has 1 fully saturated rings. The number of amides is 2. The van der Waals surface area contributed by atoms with Gasteiger partial charge in [0.1, 0.15) is 5.76 Å². The van der Waals surface area contributed by atoms with E-state index in [2.05, 4.69) is 5.32 Å². The van der Waals surface area contributed by atoms with Crippen LogP contribution in [0.1, 0.15) is 24.1 Å². The standard InChI is InChI=1S/C27H24N2O6/c1-16(30)28-19-10-12-20(13-11-19)29-24(18-9-14-21(34-2)22(15-18)35-3)23(26(32)27(29)33)25(31)17-7-5-4-6-8-17/h4-15,24,31H,1-3H3,(H,28,30)/t24-/m0/s1. The fourth-order valence-electron chi connectivity index (χ4n) is 4.10. The summed E-state index contributed by atoms with van der Waals surface area (Å²) in [6.45, 7) is 1.40. The summed E-state index contributed by atoms with van der Waals surface area (Å²) in [6.07, 6.45) is 0. The molecule has 0 bridgehead atoms. The van der Waals surface area contributed by atoms with Crippen LogP contribution in [-0.4, -0.2) is 36.9 Å². The second-order valence-electron chi connectivity index (χ2n) is 7.88. The minimum atomic E-state index is -0.929. The van der Waals surface area contributed by atoms with Crippen molar-refractivity contribution in [3.05, 3.63) is 89.5 Å². The first-order valence-electron chi connectivity index (χ1n) is 10.8. The number of aliphatic hydroxyl groups is 1. The number of carbonyl (C=O) groups excluding carboxylic acids is 3. The fraction of sp³-hybridized carbons (Fsp3) is 0.148. The third kappa shape index (κ3) is 4.46. The summed E-state index contributed by atoms with van der Waals surface area (Å²) in [7, 11) is 3.00. The van der Waals surface area contributed by atoms with Gasteiger partial charge in [0, 0.05) is 23.9 Å². The summed E-state index contributed by atoms with van der Waals surface area (Å²) in [5.74, 6) is -1.20. The number of nitrogens with zero attached hydrogens (tertiary/aromatic N) is 1. The lowest BCUT2D eigenvalue weighted by molar-refractivity contribution is -0.132. The number of ether oxygens (including phenoxy) is 2. The van der Waals surface area contributed by atoms with Crippen molar-refractivity contribution >= 4 is 34.7 Å². The lowest BCUT2D eigenvalue weighted by Gasteiger charge is -2.26. The Hall–Kier alpha value is -4.59. The fourth-order valence-corrected chi connectivity index (χ4v) is 4.10. The van der Waals surface area contributed by atoms with E-state index in [-0.39, 0.29) is 17.2 Å². The van der Waals surface area contributed by atoms with Gasteiger partial charge in [0.25, 0.3) is 11.7 Å². The predicted octanol–water partition coefficient (Wildman–Crippen LogP) is 4.29. The molecule has 0 unspecified atom stereocenters. The summed E-state index contributed by atoms with van der Waals surface area (Å²) in [4.78, 5) is 39.2. The van der Waals surface area contributed by atoms with E-state index in [9.17, 15) is 19.5 Å². The zero-order chi connectivity index (χ0) is 25.1. The van der Waals surface area contributed by atoms with Crippen LogP contribution in [0.15, 0.2) is 78.4 Å². The number of ketones is 1. The lowest BCUT2D eigenvalue weighted by Crippen LogP contribution is -2.29. The first kappa shape index (κ1) is 23.6. The molecular formula is C27H24N2O6. The molecule has 0 radical (unpaired) electrons. The van der Waals surface area contributed by atoms with E-state index >= 15 is 0 Å². The van der Waals surface area contributed by atoms with Crippen LogP contribution < -0.4 is 19.7 Å². The second kappa shape index (κ2) is 9.72. The highest BCUT2D eigenvalue weighted by Crippen LogP contribution is 2.44. The van der Waals surface area contributed by atoms with Gasteiger partial charge < -0.3 is 19.9 Å². The third-order valence-electron chi connectivity index (χ3n) is 5.68. The summed E-state index contributed by atoms with van der Waals surface area (Å²) < 4.78 is 10.8. The Morgan fingerprint density at radius 3 is 2.17 bits per heavy atom. The van der Waals surface area contributed by atoms with Crippen molar-refractivity contribution in [3.63, 3.8) is 0 Å². The largest absolute Gasteiger partial charge is 0.507 e. The summed E-state index contributed by atoms with van der Waals surface area (Å²) in [6, 6.07) is 19.3. The smallest absolute Gasteiger partial charge is 0.300 e. The van der Waals surface area contributed by atoms with Gasteiger partial charge in [-0.2, -0.15) is 0 Å². The van der Waals surface area contributed by atoms with Crippen molar-refractivity contribution in [2.24, 2.45) is 0 Å². The number of hydrogen-bond acceptors (Lipinski definition) is 6. The number of hydrogen-bond donors (Lipinski definition) is 2. The van der Waals surface area contributed by atoms with Crippen molar-refractivity contribution in [1.29, 1.82) is 0 Å². The Morgan fingerprint density at radius 2 is 1.57 bits per heavy atom. The summed E-state index contributed by atoms with van der Waals surface area (Å²) in [5.41, 5.74) is 1.89. The van der Waals surface area contributed by atoms with Crippen molar-refractivity contribution in [2.75, 3.05) is 24.4 Å². The van der Waals surface area contributed by atoms with Crippen molar-refractivity contribution in [2.45, 2.75) is 13.0 Å². The molecule has 0 spiro atoms. The van der Waals surface area contributed by atoms with E-state index in [1.807, 2.05) is 0 Å². The highest BCUT2D eigenvalue weighted by molar-refractivity contribution is 6.51. The van der Waals surface area contributed by atoms with Crippen LogP contribution in [0.4, 0.5) is 11.4 Å². The topological polar surface area (TPSA) is 105 Å². The molecule has 4 rings (SSSR count). The highest BCUT2D eigenvalue weighted by Gasteiger charge is 2.47. The molecule has 1 aliphatic heterocycles. The number of nitrogens with one attached hydrogen (secondary N) is 1. The lowest BCUT2D eigenvalue weighted by atomic mass is 9.94. The normalized spacial score (nSPS) is 16.8. The monoisotopic (exact) mass is 472 g/mol. The average molecular weight is 472 g/mol. The van der Waals surface area contributed by atoms with E-state index in [4.69, 9.17) is 9.47 Å². The van der Waals surface area contributed by atoms with Gasteiger partial charge in [-0.05, 0) is 42.0 Å². The Balaban J connectivity index is 1.90. The van der Waals surface area contributed by atoms with Gasteiger partial charge in [-0.3, -0.25) is 19.3 Å². The van der Waals surface area contributed by atoms with Crippen molar-refractivity contribution in [3.8, 4) is 11.5 Å². The zero-order valence-corrected chi connectivity index (χ0v) is 19.4. The van der Waals surface area contributed by atoms with Gasteiger partial charge >= 0.3 is 0 Å². The second-order valence-corrected chi connectivity index (χ2v) is 7.88. The maximum atomic E-state index is 13.3. The first-order chi connectivity index (χ1) is 16.8. The van der Waals surface area contributed by atoms with Crippen LogP contribution >= 0.6 is 0 Å². The zero-order valence-electron chi connectivity index (χ0n) is 19.4. The molecule has 8 nitrogen and oxygen atoms in total. The first-order valence-corrected chi connectivity index (χ1v) is 10.8. The number of methoxy groups -OCH3 is 2. The van der Waals surface area contributed by atoms with E-state index in [1.54, 1.807) is 72.8 Å². The minimum absolute atomic E-state index is 0.0423. The molecule has 0 saturated carbocycles. The molecule has 1 saturated heterocycles.